The number of nitrogens with zero attached hydrogens (tertiary/aromatic N) is 1. The Labute approximate surface area is 132 Å². The maximum absolute atomic E-state index is 12.4. The van der Waals surface area contributed by atoms with Crippen LogP contribution in [0.2, 0.25) is 0 Å². The van der Waals surface area contributed by atoms with Crippen LogP contribution in [0.15, 0.2) is 18.2 Å². The van der Waals surface area contributed by atoms with Crippen LogP contribution in [0, 0.1) is 0 Å². The number of carbonyl (C=O) groups is 3. The summed E-state index contributed by atoms with van der Waals surface area (Å²) >= 11 is 0. The minimum absolute atomic E-state index is 0.106. The van der Waals surface area contributed by atoms with Gasteiger partial charge in [-0.1, -0.05) is 6.07 Å². The van der Waals surface area contributed by atoms with Crippen LogP contribution in [0.5, 0.6) is 0 Å². The van der Waals surface area contributed by atoms with Crippen molar-refractivity contribution in [1.29, 1.82) is 0 Å². The van der Waals surface area contributed by atoms with E-state index in [2.05, 4.69) is 10.6 Å². The number of sulfonamides is 1. The van der Waals surface area contributed by atoms with Crippen molar-refractivity contribution in [3.63, 3.8) is 0 Å². The van der Waals surface area contributed by atoms with Gasteiger partial charge in [-0.05, 0) is 25.0 Å². The van der Waals surface area contributed by atoms with Crippen molar-refractivity contribution in [3.05, 3.63) is 29.3 Å². The van der Waals surface area contributed by atoms with E-state index in [0.29, 0.717) is 19.4 Å². The van der Waals surface area contributed by atoms with Gasteiger partial charge >= 0.3 is 0 Å². The van der Waals surface area contributed by atoms with Gasteiger partial charge in [0.2, 0.25) is 15.9 Å². The third kappa shape index (κ3) is 2.73. The van der Waals surface area contributed by atoms with Crippen molar-refractivity contribution in [2.75, 3.05) is 18.1 Å². The molecule has 3 rings (SSSR count). The highest BCUT2D eigenvalue weighted by Gasteiger charge is 2.37. The molecular formula is C14H15N3O5S. The summed E-state index contributed by atoms with van der Waals surface area (Å²) in [5.41, 5.74) is 0.505. The maximum atomic E-state index is 12.4. The van der Waals surface area contributed by atoms with Crippen molar-refractivity contribution < 1.29 is 22.8 Å². The lowest BCUT2D eigenvalue weighted by Crippen LogP contribution is -2.42. The standard InChI is InChI=1S/C14H15N3O5S/c1-23(21,22)17-7-3-6-10(17)13(19)15-9-5-2-4-8-11(9)14(20)16-12(8)18/h2,4-5,10H,3,6-7H2,1H3,(H,15,19)(H,16,18,20). The average Bonchev–Trinajstić information content (AvgIpc) is 3.05. The van der Waals surface area contributed by atoms with E-state index in [0.717, 1.165) is 10.6 Å². The Morgan fingerprint density at radius 1 is 1.30 bits per heavy atom. The summed E-state index contributed by atoms with van der Waals surface area (Å²) in [5, 5.41) is 4.74. The molecule has 122 valence electrons. The molecule has 2 heterocycles. The van der Waals surface area contributed by atoms with Crippen LogP contribution in [-0.4, -0.2) is 49.3 Å². The van der Waals surface area contributed by atoms with Gasteiger partial charge in [-0.25, -0.2) is 8.42 Å². The fraction of sp³-hybridized carbons (Fsp3) is 0.357. The molecule has 0 spiro atoms. The highest BCUT2D eigenvalue weighted by atomic mass is 32.2. The van der Waals surface area contributed by atoms with Crippen LogP contribution in [0.25, 0.3) is 0 Å². The predicted octanol–water partition coefficient (Wildman–Crippen LogP) is -0.0673. The lowest BCUT2D eigenvalue weighted by molar-refractivity contribution is -0.119. The van der Waals surface area contributed by atoms with Crippen molar-refractivity contribution in [2.24, 2.45) is 0 Å². The number of anilines is 1. The van der Waals surface area contributed by atoms with Crippen LogP contribution in [0.4, 0.5) is 5.69 Å². The molecule has 2 aliphatic rings. The first-order valence-corrected chi connectivity index (χ1v) is 8.90. The predicted molar refractivity (Wildman–Crippen MR) is 81.4 cm³/mol. The lowest BCUT2D eigenvalue weighted by atomic mass is 10.1. The zero-order valence-electron chi connectivity index (χ0n) is 12.3. The molecule has 23 heavy (non-hydrogen) atoms. The number of carbonyl (C=O) groups excluding carboxylic acids is 3. The molecule has 0 bridgehead atoms. The van der Waals surface area contributed by atoms with Crippen LogP contribution < -0.4 is 10.6 Å². The fourth-order valence-corrected chi connectivity index (χ4v) is 4.06. The van der Waals surface area contributed by atoms with E-state index in [9.17, 15) is 22.8 Å². The Kier molecular flexibility index (Phi) is 3.69. The van der Waals surface area contributed by atoms with E-state index in [1.54, 1.807) is 6.07 Å². The van der Waals surface area contributed by atoms with Crippen molar-refractivity contribution in [3.8, 4) is 0 Å². The van der Waals surface area contributed by atoms with E-state index >= 15 is 0 Å². The number of nitrogens with one attached hydrogen (secondary N) is 2. The summed E-state index contributed by atoms with van der Waals surface area (Å²) in [6.07, 6.45) is 2.07. The van der Waals surface area contributed by atoms with E-state index < -0.39 is 33.8 Å². The second kappa shape index (κ2) is 5.43. The van der Waals surface area contributed by atoms with Gasteiger partial charge in [-0.2, -0.15) is 4.31 Å². The zero-order chi connectivity index (χ0) is 16.8. The van der Waals surface area contributed by atoms with Crippen LogP contribution in [0.1, 0.15) is 33.6 Å². The maximum Gasteiger partial charge on any atom is 0.261 e. The Morgan fingerprint density at radius 2 is 2.04 bits per heavy atom. The second-order valence-corrected chi connectivity index (χ2v) is 7.47. The van der Waals surface area contributed by atoms with E-state index in [-0.39, 0.29) is 16.8 Å². The summed E-state index contributed by atoms with van der Waals surface area (Å²) in [6, 6.07) is 3.74. The molecule has 1 fully saturated rings. The quantitative estimate of drug-likeness (QED) is 0.750. The largest absolute Gasteiger partial charge is 0.324 e. The molecular weight excluding hydrogens is 322 g/mol. The first kappa shape index (κ1) is 15.6. The molecule has 8 nitrogen and oxygen atoms in total. The van der Waals surface area contributed by atoms with Crippen LogP contribution in [0.3, 0.4) is 0 Å². The van der Waals surface area contributed by atoms with Crippen molar-refractivity contribution >= 4 is 33.4 Å². The number of fused-ring (bicyclic) bond motifs is 1. The Morgan fingerprint density at radius 3 is 2.74 bits per heavy atom. The third-order valence-electron chi connectivity index (χ3n) is 3.95. The first-order valence-electron chi connectivity index (χ1n) is 7.05. The van der Waals surface area contributed by atoms with E-state index in [1.807, 2.05) is 0 Å². The second-order valence-electron chi connectivity index (χ2n) is 5.53. The molecule has 0 aliphatic carbocycles. The number of rotatable bonds is 3. The van der Waals surface area contributed by atoms with Gasteiger partial charge in [-0.3, -0.25) is 19.7 Å². The summed E-state index contributed by atoms with van der Waals surface area (Å²) in [5.74, 6) is -1.60. The first-order chi connectivity index (χ1) is 10.8. The number of imide groups is 1. The van der Waals surface area contributed by atoms with Gasteiger partial charge in [-0.15, -0.1) is 0 Å². The summed E-state index contributed by atoms with van der Waals surface area (Å²) in [6.45, 7) is 0.294. The highest BCUT2D eigenvalue weighted by molar-refractivity contribution is 7.88. The molecule has 1 unspecified atom stereocenters. The molecule has 2 N–H and O–H groups in total. The topological polar surface area (TPSA) is 113 Å². The van der Waals surface area contributed by atoms with Gasteiger partial charge in [0.05, 0.1) is 23.1 Å². The molecule has 2 aliphatic heterocycles. The molecule has 1 aromatic carbocycles. The van der Waals surface area contributed by atoms with E-state index in [4.69, 9.17) is 0 Å². The van der Waals surface area contributed by atoms with Gasteiger partial charge in [0.25, 0.3) is 11.8 Å². The minimum atomic E-state index is -3.48. The molecule has 0 aromatic heterocycles. The van der Waals surface area contributed by atoms with Gasteiger partial charge in [0.15, 0.2) is 0 Å². The summed E-state index contributed by atoms with van der Waals surface area (Å²) in [7, 11) is -3.48. The normalized spacial score (nSPS) is 21.2. The number of hydrogen-bond acceptors (Lipinski definition) is 5. The Hall–Kier alpha value is -2.26. The number of benzene rings is 1. The molecule has 0 saturated carbocycles. The lowest BCUT2D eigenvalue weighted by Gasteiger charge is -2.21. The Bertz CT molecular complexity index is 818. The number of amides is 3. The van der Waals surface area contributed by atoms with Gasteiger partial charge < -0.3 is 5.32 Å². The van der Waals surface area contributed by atoms with Gasteiger partial charge in [0, 0.05) is 6.54 Å². The molecule has 9 heteroatoms. The molecule has 0 radical (unpaired) electrons. The fourth-order valence-electron chi connectivity index (χ4n) is 2.94. The summed E-state index contributed by atoms with van der Waals surface area (Å²) in [4.78, 5) is 35.9. The minimum Gasteiger partial charge on any atom is -0.324 e. The molecule has 1 saturated heterocycles. The molecule has 3 amide bonds. The number of hydrogen-bond donors (Lipinski definition) is 2. The van der Waals surface area contributed by atoms with Crippen molar-refractivity contribution in [2.45, 2.75) is 18.9 Å². The summed E-state index contributed by atoms with van der Waals surface area (Å²) < 4.78 is 24.6. The van der Waals surface area contributed by atoms with E-state index in [1.165, 1.54) is 12.1 Å². The van der Waals surface area contributed by atoms with Crippen LogP contribution >= 0.6 is 0 Å². The van der Waals surface area contributed by atoms with Crippen molar-refractivity contribution in [1.82, 2.24) is 9.62 Å². The molecule has 1 atom stereocenters. The monoisotopic (exact) mass is 337 g/mol. The van der Waals surface area contributed by atoms with Gasteiger partial charge in [0.1, 0.15) is 6.04 Å². The highest BCUT2D eigenvalue weighted by Crippen LogP contribution is 2.26. The SMILES string of the molecule is CS(=O)(=O)N1CCCC1C(=O)Nc1cccc2c1C(=O)NC2=O. The Balaban J connectivity index is 1.88. The zero-order valence-corrected chi connectivity index (χ0v) is 13.1. The van der Waals surface area contributed by atoms with Crippen LogP contribution in [-0.2, 0) is 14.8 Å². The average molecular weight is 337 g/mol. The molecule has 1 aromatic rings. The smallest absolute Gasteiger partial charge is 0.261 e. The third-order valence-corrected chi connectivity index (χ3v) is 5.24.